The summed E-state index contributed by atoms with van der Waals surface area (Å²) in [7, 11) is 0. The molecule has 37 heavy (non-hydrogen) atoms. The monoisotopic (exact) mass is 523 g/mol. The van der Waals surface area contributed by atoms with Crippen LogP contribution in [-0.2, 0) is 19.2 Å². The van der Waals surface area contributed by atoms with Crippen molar-refractivity contribution < 1.29 is 19.2 Å². The van der Waals surface area contributed by atoms with Gasteiger partial charge in [-0.3, -0.25) is 19.2 Å². The lowest BCUT2D eigenvalue weighted by molar-refractivity contribution is -0.131. The maximum Gasteiger partial charge on any atom is 0.243 e. The van der Waals surface area contributed by atoms with Gasteiger partial charge in [-0.05, 0) is 18.4 Å². The van der Waals surface area contributed by atoms with Crippen molar-refractivity contribution in [3.63, 3.8) is 0 Å². The first-order chi connectivity index (χ1) is 17.6. The third-order valence-corrected chi connectivity index (χ3v) is 3.71. The molecule has 0 spiro atoms. The van der Waals surface area contributed by atoms with E-state index in [1.807, 2.05) is 48.5 Å². The van der Waals surface area contributed by atoms with Crippen LogP contribution in [0.3, 0.4) is 0 Å². The standard InChI is InChI=1S/C18H31N5O4.3C2H6.2C2H2/c1-6-12(5)21-14(24)8-13(7-2)22-16(26)10-20-18(27)17(11(3)4)23-15(25)9-19;5*1-2/h6,11,13,17H,1,5,7-10,19H2,2-4H3,(H,20,27)(H,21,24)(H,22,26)(H,23,25);3*1-2H3;2*1-2H/t13-,17?;;;;;/m0...../s1. The molecule has 2 atom stereocenters. The highest BCUT2D eigenvalue weighted by Crippen LogP contribution is 2.02. The van der Waals surface area contributed by atoms with E-state index in [-0.39, 0.29) is 37.4 Å². The minimum Gasteiger partial charge on any atom is -0.351 e. The van der Waals surface area contributed by atoms with Crippen LogP contribution in [0.25, 0.3) is 0 Å². The number of terminal acetylenes is 2. The van der Waals surface area contributed by atoms with Crippen molar-refractivity contribution in [2.75, 3.05) is 13.1 Å². The van der Waals surface area contributed by atoms with E-state index < -0.39 is 23.8 Å². The van der Waals surface area contributed by atoms with E-state index in [4.69, 9.17) is 5.73 Å². The summed E-state index contributed by atoms with van der Waals surface area (Å²) < 4.78 is 0. The second kappa shape index (κ2) is 37.0. The van der Waals surface area contributed by atoms with E-state index in [2.05, 4.69) is 60.1 Å². The minimum atomic E-state index is -0.786. The molecule has 0 aromatic rings. The van der Waals surface area contributed by atoms with E-state index in [0.29, 0.717) is 12.1 Å². The Labute approximate surface area is 226 Å². The Morgan fingerprint density at radius 2 is 1.32 bits per heavy atom. The average molecular weight is 524 g/mol. The third-order valence-electron chi connectivity index (χ3n) is 3.71. The van der Waals surface area contributed by atoms with Crippen molar-refractivity contribution in [1.82, 2.24) is 21.3 Å². The van der Waals surface area contributed by atoms with Gasteiger partial charge in [-0.15, -0.1) is 25.7 Å². The van der Waals surface area contributed by atoms with E-state index in [9.17, 15) is 19.2 Å². The maximum absolute atomic E-state index is 12.2. The van der Waals surface area contributed by atoms with Crippen LogP contribution >= 0.6 is 0 Å². The van der Waals surface area contributed by atoms with E-state index in [1.54, 1.807) is 13.8 Å². The summed E-state index contributed by atoms with van der Waals surface area (Å²) in [4.78, 5) is 47.5. The summed E-state index contributed by atoms with van der Waals surface area (Å²) in [6, 6.07) is -1.17. The lowest BCUT2D eigenvalue weighted by atomic mass is 10.0. The highest BCUT2D eigenvalue weighted by Gasteiger charge is 2.24. The largest absolute Gasteiger partial charge is 0.351 e. The SMILES string of the molecule is C#C.C#C.C=CC(=C)NC(=O)C[C@H](CC)NC(=O)CNC(=O)C(NC(=O)CN)C(C)C.CC.CC.CC. The van der Waals surface area contributed by atoms with Crippen LogP contribution in [0.2, 0.25) is 0 Å². The van der Waals surface area contributed by atoms with Crippen LogP contribution < -0.4 is 27.0 Å². The molecule has 0 heterocycles. The molecule has 0 rings (SSSR count). The van der Waals surface area contributed by atoms with Crippen molar-refractivity contribution in [2.45, 2.75) is 87.2 Å². The van der Waals surface area contributed by atoms with Crippen molar-refractivity contribution >= 4 is 23.6 Å². The lowest BCUT2D eigenvalue weighted by Gasteiger charge is -2.22. The predicted molar refractivity (Wildman–Crippen MR) is 157 cm³/mol. The molecule has 214 valence electrons. The Hall–Kier alpha value is -3.56. The smallest absolute Gasteiger partial charge is 0.243 e. The first-order valence-electron chi connectivity index (χ1n) is 12.5. The fourth-order valence-corrected chi connectivity index (χ4v) is 2.13. The van der Waals surface area contributed by atoms with Crippen LogP contribution in [0.5, 0.6) is 0 Å². The summed E-state index contributed by atoms with van der Waals surface area (Å²) in [5, 5.41) is 10.2. The zero-order valence-electron chi connectivity index (χ0n) is 24.6. The zero-order chi connectivity index (χ0) is 31.0. The average Bonchev–Trinajstić information content (AvgIpc) is 2.94. The number of allylic oxidation sites excluding steroid dienone is 1. The molecule has 9 nitrogen and oxygen atoms in total. The number of carbonyl (C=O) groups excluding carboxylic acids is 4. The predicted octanol–water partition coefficient (Wildman–Crippen LogP) is 2.88. The molecule has 0 aromatic carbocycles. The number of hydrogen-bond donors (Lipinski definition) is 5. The van der Waals surface area contributed by atoms with Gasteiger partial charge in [0.15, 0.2) is 0 Å². The molecular formula is C28H53N5O4. The summed E-state index contributed by atoms with van der Waals surface area (Å²) in [5.41, 5.74) is 5.62. The molecule has 4 amide bonds. The molecule has 0 aliphatic carbocycles. The molecule has 0 radical (unpaired) electrons. The number of hydrogen-bond acceptors (Lipinski definition) is 5. The van der Waals surface area contributed by atoms with Crippen LogP contribution in [-0.4, -0.2) is 48.8 Å². The van der Waals surface area contributed by atoms with Crippen LogP contribution in [0, 0.1) is 31.6 Å². The second-order valence-corrected chi connectivity index (χ2v) is 6.37. The zero-order valence-corrected chi connectivity index (χ0v) is 24.6. The van der Waals surface area contributed by atoms with E-state index >= 15 is 0 Å². The van der Waals surface area contributed by atoms with Gasteiger partial charge in [0.25, 0.3) is 0 Å². The summed E-state index contributed by atoms with van der Waals surface area (Å²) in [6.45, 7) is 24.0. The van der Waals surface area contributed by atoms with Crippen molar-refractivity contribution in [1.29, 1.82) is 0 Å². The number of nitrogens with one attached hydrogen (secondary N) is 4. The Balaban J connectivity index is -0.000000213. The molecule has 0 aliphatic heterocycles. The Kier molecular flexibility index (Phi) is 46.7. The Morgan fingerprint density at radius 1 is 0.865 bits per heavy atom. The summed E-state index contributed by atoms with van der Waals surface area (Å²) in [5.74, 6) is -1.83. The van der Waals surface area contributed by atoms with Crippen molar-refractivity contribution in [3.05, 3.63) is 24.9 Å². The second-order valence-electron chi connectivity index (χ2n) is 6.37. The van der Waals surface area contributed by atoms with Crippen LogP contribution in [0.15, 0.2) is 24.9 Å². The van der Waals surface area contributed by atoms with Gasteiger partial charge >= 0.3 is 0 Å². The van der Waals surface area contributed by atoms with Crippen molar-refractivity contribution in [3.8, 4) is 25.7 Å². The van der Waals surface area contributed by atoms with Gasteiger partial charge in [0.1, 0.15) is 6.04 Å². The fourth-order valence-electron chi connectivity index (χ4n) is 2.13. The quantitative estimate of drug-likeness (QED) is 0.197. The molecule has 0 aromatic heterocycles. The number of amides is 4. The van der Waals surface area contributed by atoms with Gasteiger partial charge in [0.2, 0.25) is 23.6 Å². The van der Waals surface area contributed by atoms with Gasteiger partial charge in [-0.25, -0.2) is 0 Å². The first kappa shape index (κ1) is 46.7. The molecule has 0 saturated carbocycles. The number of nitrogens with two attached hydrogens (primary N) is 1. The molecule has 1 unspecified atom stereocenters. The lowest BCUT2D eigenvalue weighted by Crippen LogP contribution is -2.53. The van der Waals surface area contributed by atoms with Crippen molar-refractivity contribution in [2.24, 2.45) is 11.7 Å². The van der Waals surface area contributed by atoms with E-state index in [1.165, 1.54) is 6.08 Å². The number of carbonyl (C=O) groups is 4. The molecular weight excluding hydrogens is 470 g/mol. The topological polar surface area (TPSA) is 142 Å². The molecule has 6 N–H and O–H groups in total. The molecule has 0 saturated heterocycles. The third kappa shape index (κ3) is 30.4. The summed E-state index contributed by atoms with van der Waals surface area (Å²) >= 11 is 0. The van der Waals surface area contributed by atoms with E-state index in [0.717, 1.165) is 0 Å². The minimum absolute atomic E-state index is 0.0736. The first-order valence-corrected chi connectivity index (χ1v) is 12.5. The van der Waals surface area contributed by atoms with Gasteiger partial charge < -0.3 is 27.0 Å². The maximum atomic E-state index is 12.2. The Bertz CT molecular complexity index is 649. The molecule has 9 heteroatoms. The van der Waals surface area contributed by atoms with Crippen LogP contribution in [0.1, 0.15) is 75.2 Å². The normalized spacial score (nSPS) is 9.70. The Morgan fingerprint density at radius 3 is 1.68 bits per heavy atom. The summed E-state index contributed by atoms with van der Waals surface area (Å²) in [6.07, 6.45) is 18.0. The highest BCUT2D eigenvalue weighted by atomic mass is 16.2. The highest BCUT2D eigenvalue weighted by molar-refractivity contribution is 5.91. The van der Waals surface area contributed by atoms with Gasteiger partial charge in [-0.2, -0.15) is 0 Å². The van der Waals surface area contributed by atoms with Gasteiger partial charge in [0.05, 0.1) is 13.1 Å². The van der Waals surface area contributed by atoms with Gasteiger partial charge in [0, 0.05) is 18.2 Å². The molecule has 0 bridgehead atoms. The van der Waals surface area contributed by atoms with Crippen LogP contribution in [0.4, 0.5) is 0 Å². The number of rotatable bonds is 12. The molecule has 0 fully saturated rings. The van der Waals surface area contributed by atoms with Gasteiger partial charge in [-0.1, -0.05) is 75.5 Å². The molecule has 0 aliphatic rings. The fraction of sp³-hybridized carbons (Fsp3) is 0.571.